The summed E-state index contributed by atoms with van der Waals surface area (Å²) in [6.07, 6.45) is 4.35. The minimum absolute atomic E-state index is 0.440. The van der Waals surface area contributed by atoms with Crippen LogP contribution in [0, 0.1) is 10.1 Å². The Morgan fingerprint density at radius 3 is 2.94 bits per heavy atom. The molecule has 0 amide bonds. The van der Waals surface area contributed by atoms with Crippen molar-refractivity contribution in [3.05, 3.63) is 50.6 Å². The number of nitrogens with one attached hydrogen (secondary N) is 1. The van der Waals surface area contributed by atoms with Gasteiger partial charge in [-0.3, -0.25) is 15.1 Å². The van der Waals surface area contributed by atoms with Crippen molar-refractivity contribution >= 4 is 15.9 Å². The average Bonchev–Trinajstić information content (AvgIpc) is 2.25. The summed E-state index contributed by atoms with van der Waals surface area (Å²) in [6.45, 7) is 0.535. The van der Waals surface area contributed by atoms with Crippen molar-refractivity contribution in [2.45, 2.75) is 6.54 Å². The van der Waals surface area contributed by atoms with Gasteiger partial charge in [-0.1, -0.05) is 0 Å². The van der Waals surface area contributed by atoms with E-state index in [1.54, 1.807) is 31.4 Å². The van der Waals surface area contributed by atoms with E-state index in [1.165, 1.54) is 0 Å². The maximum Gasteiger partial charge on any atom is 0.274 e. The summed E-state index contributed by atoms with van der Waals surface area (Å²) in [4.78, 5) is 15.7. The Morgan fingerprint density at radius 1 is 1.71 bits per heavy atom. The second kappa shape index (κ2) is 6.19. The molecule has 0 bridgehead atoms. The Labute approximate surface area is 108 Å². The van der Waals surface area contributed by atoms with Crippen molar-refractivity contribution < 1.29 is 4.92 Å². The fourth-order valence-corrected chi connectivity index (χ4v) is 1.77. The van der Waals surface area contributed by atoms with Gasteiger partial charge in [-0.15, -0.1) is 0 Å². The molecular weight excluding hydrogens is 288 g/mol. The largest absolute Gasteiger partial charge is 0.370 e. The van der Waals surface area contributed by atoms with E-state index in [2.05, 4.69) is 26.2 Å². The van der Waals surface area contributed by atoms with Crippen LogP contribution in [0.4, 0.5) is 0 Å². The average molecular weight is 301 g/mol. The third-order valence-corrected chi connectivity index (χ3v) is 2.51. The molecular formula is C10H13BrN4O2. The van der Waals surface area contributed by atoms with Gasteiger partial charge in [0.2, 0.25) is 0 Å². The Balaban J connectivity index is 2.77. The molecule has 0 aromatic carbocycles. The van der Waals surface area contributed by atoms with Crippen molar-refractivity contribution in [2.24, 2.45) is 0 Å². The Morgan fingerprint density at radius 2 is 2.41 bits per heavy atom. The molecule has 0 unspecified atom stereocenters. The summed E-state index contributed by atoms with van der Waals surface area (Å²) in [7, 11) is 3.41. The number of nitro groups is 1. The summed E-state index contributed by atoms with van der Waals surface area (Å²) in [6, 6.07) is 1.92. The molecule has 1 heterocycles. The summed E-state index contributed by atoms with van der Waals surface area (Å²) in [5.41, 5.74) is 0.964. The molecule has 0 spiro atoms. The number of nitrogens with zero attached hydrogens (tertiary/aromatic N) is 3. The van der Waals surface area contributed by atoms with Crippen LogP contribution < -0.4 is 5.32 Å². The molecule has 7 heteroatoms. The van der Waals surface area contributed by atoms with Crippen molar-refractivity contribution in [1.82, 2.24) is 15.2 Å². The number of hydrogen-bond donors (Lipinski definition) is 1. The van der Waals surface area contributed by atoms with Crippen LogP contribution in [0.5, 0.6) is 0 Å². The van der Waals surface area contributed by atoms with Crippen LogP contribution in [0.25, 0.3) is 0 Å². The number of rotatable bonds is 5. The first kappa shape index (κ1) is 13.4. The molecule has 92 valence electrons. The molecule has 17 heavy (non-hydrogen) atoms. The van der Waals surface area contributed by atoms with Crippen molar-refractivity contribution in [2.75, 3.05) is 14.1 Å². The first-order valence-electron chi connectivity index (χ1n) is 4.86. The van der Waals surface area contributed by atoms with Gasteiger partial charge in [-0.2, -0.15) is 0 Å². The van der Waals surface area contributed by atoms with Gasteiger partial charge < -0.3 is 10.2 Å². The fraction of sp³-hybridized carbons (Fsp3) is 0.300. The SMILES string of the molecule is CN/C(=C\[N+](=O)[O-])N(C)Cc1cncc(Br)c1. The maximum atomic E-state index is 10.4. The molecule has 0 saturated carbocycles. The van der Waals surface area contributed by atoms with Crippen LogP contribution in [-0.4, -0.2) is 28.9 Å². The van der Waals surface area contributed by atoms with Gasteiger partial charge in [-0.05, 0) is 27.6 Å². The zero-order chi connectivity index (χ0) is 12.8. The Kier molecular flexibility index (Phi) is 4.89. The minimum atomic E-state index is -0.485. The van der Waals surface area contributed by atoms with E-state index in [4.69, 9.17) is 0 Å². The van der Waals surface area contributed by atoms with Crippen molar-refractivity contribution in [3.63, 3.8) is 0 Å². The van der Waals surface area contributed by atoms with E-state index >= 15 is 0 Å². The van der Waals surface area contributed by atoms with Crippen LogP contribution in [0.2, 0.25) is 0 Å². The summed E-state index contributed by atoms with van der Waals surface area (Å²) in [5.74, 6) is 0.440. The Hall–Kier alpha value is -1.63. The van der Waals surface area contributed by atoms with Gasteiger partial charge in [0.15, 0.2) is 5.82 Å². The van der Waals surface area contributed by atoms with Crippen LogP contribution in [0.15, 0.2) is 35.0 Å². The zero-order valence-corrected chi connectivity index (χ0v) is 11.1. The van der Waals surface area contributed by atoms with E-state index < -0.39 is 4.92 Å². The van der Waals surface area contributed by atoms with Gasteiger partial charge >= 0.3 is 0 Å². The topological polar surface area (TPSA) is 71.3 Å². The lowest BCUT2D eigenvalue weighted by Crippen LogP contribution is -2.26. The zero-order valence-electron chi connectivity index (χ0n) is 9.55. The minimum Gasteiger partial charge on any atom is -0.370 e. The predicted molar refractivity (Wildman–Crippen MR) is 67.5 cm³/mol. The monoisotopic (exact) mass is 300 g/mol. The van der Waals surface area contributed by atoms with Gasteiger partial charge in [0, 0.05) is 37.5 Å². The highest BCUT2D eigenvalue weighted by molar-refractivity contribution is 9.10. The maximum absolute atomic E-state index is 10.4. The standard InChI is InChI=1S/C10H13BrN4O2/c1-12-10(7-15(16)17)14(2)6-8-3-9(11)5-13-4-8/h3-5,7,12H,6H2,1-2H3/b10-7+. The smallest absolute Gasteiger partial charge is 0.274 e. The molecule has 0 aliphatic rings. The van der Waals surface area contributed by atoms with E-state index in [1.807, 2.05) is 6.07 Å². The highest BCUT2D eigenvalue weighted by Gasteiger charge is 2.08. The molecule has 1 rings (SSSR count). The number of hydrogen-bond acceptors (Lipinski definition) is 5. The summed E-state index contributed by atoms with van der Waals surface area (Å²) < 4.78 is 0.882. The lowest BCUT2D eigenvalue weighted by molar-refractivity contribution is -0.404. The molecule has 0 fully saturated rings. The first-order chi connectivity index (χ1) is 8.02. The predicted octanol–water partition coefficient (Wildman–Crippen LogP) is 1.57. The van der Waals surface area contributed by atoms with E-state index in [-0.39, 0.29) is 0 Å². The van der Waals surface area contributed by atoms with Crippen molar-refractivity contribution in [1.29, 1.82) is 0 Å². The molecule has 1 aromatic rings. The van der Waals surface area contributed by atoms with Crippen molar-refractivity contribution in [3.8, 4) is 0 Å². The van der Waals surface area contributed by atoms with E-state index in [0.29, 0.717) is 12.4 Å². The van der Waals surface area contributed by atoms with Gasteiger partial charge in [0.1, 0.15) is 0 Å². The molecule has 1 N–H and O–H groups in total. The molecule has 1 aromatic heterocycles. The van der Waals surface area contributed by atoms with Crippen LogP contribution in [0.3, 0.4) is 0 Å². The third-order valence-electron chi connectivity index (χ3n) is 2.08. The van der Waals surface area contributed by atoms with E-state index in [9.17, 15) is 10.1 Å². The number of pyridine rings is 1. The molecule has 6 nitrogen and oxygen atoms in total. The van der Waals surface area contributed by atoms with E-state index in [0.717, 1.165) is 16.2 Å². The number of aromatic nitrogens is 1. The second-order valence-electron chi connectivity index (χ2n) is 3.42. The molecule has 0 radical (unpaired) electrons. The highest BCUT2D eigenvalue weighted by Crippen LogP contribution is 2.12. The molecule has 0 saturated heterocycles. The third kappa shape index (κ3) is 4.39. The van der Waals surface area contributed by atoms with Gasteiger partial charge in [-0.25, -0.2) is 0 Å². The van der Waals surface area contributed by atoms with Crippen LogP contribution in [-0.2, 0) is 6.54 Å². The molecule has 0 atom stereocenters. The quantitative estimate of drug-likeness (QED) is 0.660. The summed E-state index contributed by atoms with van der Waals surface area (Å²) >= 11 is 3.33. The lowest BCUT2D eigenvalue weighted by atomic mass is 10.3. The van der Waals surface area contributed by atoms with Gasteiger partial charge in [0.05, 0.1) is 4.92 Å². The summed E-state index contributed by atoms with van der Waals surface area (Å²) in [5, 5.41) is 13.2. The Bertz CT molecular complexity index is 436. The second-order valence-corrected chi connectivity index (χ2v) is 4.33. The first-order valence-corrected chi connectivity index (χ1v) is 5.66. The number of halogens is 1. The fourth-order valence-electron chi connectivity index (χ4n) is 1.36. The molecule has 0 aliphatic heterocycles. The lowest BCUT2D eigenvalue weighted by Gasteiger charge is -2.20. The highest BCUT2D eigenvalue weighted by atomic mass is 79.9. The van der Waals surface area contributed by atoms with Gasteiger partial charge in [0.25, 0.3) is 6.20 Å². The van der Waals surface area contributed by atoms with Crippen LogP contribution >= 0.6 is 15.9 Å². The van der Waals surface area contributed by atoms with Crippen LogP contribution in [0.1, 0.15) is 5.56 Å². The molecule has 0 aliphatic carbocycles. The normalized spacial score (nSPS) is 11.1.